The number of aromatic nitrogens is 2. The molecule has 0 aliphatic heterocycles. The predicted octanol–water partition coefficient (Wildman–Crippen LogP) is 5.74. The van der Waals surface area contributed by atoms with E-state index in [1.807, 2.05) is 43.3 Å². The van der Waals surface area contributed by atoms with Gasteiger partial charge in [0.2, 0.25) is 5.88 Å². The van der Waals surface area contributed by atoms with E-state index in [-0.39, 0.29) is 5.91 Å². The smallest absolute Gasteiger partial charge is 0.256 e. The van der Waals surface area contributed by atoms with Gasteiger partial charge in [0.15, 0.2) is 11.5 Å². The van der Waals surface area contributed by atoms with Crippen LogP contribution in [0.25, 0.3) is 21.7 Å². The zero-order valence-electron chi connectivity index (χ0n) is 20.0. The molecule has 1 aromatic heterocycles. The summed E-state index contributed by atoms with van der Waals surface area (Å²) in [5.74, 6) is 1.82. The lowest BCUT2D eigenvalue weighted by atomic mass is 10.0. The monoisotopic (exact) mass is 480 g/mol. The molecule has 3 N–H and O–H groups in total. The van der Waals surface area contributed by atoms with Crippen LogP contribution < -0.4 is 25.3 Å². The van der Waals surface area contributed by atoms with Gasteiger partial charge in [-0.3, -0.25) is 4.79 Å². The molecule has 0 saturated heterocycles. The first-order valence-electron chi connectivity index (χ1n) is 11.2. The highest BCUT2D eigenvalue weighted by Gasteiger charge is 2.15. The molecule has 8 heteroatoms. The van der Waals surface area contributed by atoms with Crippen molar-refractivity contribution < 1.29 is 19.0 Å². The van der Waals surface area contributed by atoms with Crippen LogP contribution in [-0.4, -0.2) is 30.1 Å². The van der Waals surface area contributed by atoms with Crippen LogP contribution in [0.4, 0.5) is 11.4 Å². The number of ether oxygens (including phenoxy) is 3. The van der Waals surface area contributed by atoms with E-state index in [0.29, 0.717) is 51.0 Å². The third kappa shape index (κ3) is 4.32. The van der Waals surface area contributed by atoms with Gasteiger partial charge in [-0.25, -0.2) is 9.97 Å². The summed E-state index contributed by atoms with van der Waals surface area (Å²) in [4.78, 5) is 21.7. The maximum Gasteiger partial charge on any atom is 0.256 e. The summed E-state index contributed by atoms with van der Waals surface area (Å²) in [6.07, 6.45) is 1.43. The van der Waals surface area contributed by atoms with Crippen LogP contribution in [0, 0.1) is 6.92 Å². The highest BCUT2D eigenvalue weighted by Crippen LogP contribution is 2.36. The first-order chi connectivity index (χ1) is 17.5. The van der Waals surface area contributed by atoms with E-state index in [9.17, 15) is 4.79 Å². The van der Waals surface area contributed by atoms with Crippen LogP contribution >= 0.6 is 0 Å². The number of fused-ring (bicyclic) bond motifs is 2. The minimum Gasteiger partial charge on any atom is -0.493 e. The van der Waals surface area contributed by atoms with E-state index in [4.69, 9.17) is 19.9 Å². The van der Waals surface area contributed by atoms with Gasteiger partial charge in [-0.2, -0.15) is 0 Å². The fourth-order valence-corrected chi connectivity index (χ4v) is 4.06. The lowest BCUT2D eigenvalue weighted by Crippen LogP contribution is -2.13. The Kier molecular flexibility index (Phi) is 6.00. The van der Waals surface area contributed by atoms with Crippen molar-refractivity contribution in [1.82, 2.24) is 9.97 Å². The number of methoxy groups -OCH3 is 2. The minimum atomic E-state index is -0.243. The lowest BCUT2D eigenvalue weighted by molar-refractivity contribution is 0.102. The number of nitrogens with one attached hydrogen (secondary N) is 1. The molecule has 0 unspecified atom stereocenters. The molecule has 0 bridgehead atoms. The van der Waals surface area contributed by atoms with Gasteiger partial charge in [-0.05, 0) is 65.7 Å². The van der Waals surface area contributed by atoms with Gasteiger partial charge >= 0.3 is 0 Å². The molecule has 36 heavy (non-hydrogen) atoms. The van der Waals surface area contributed by atoms with Gasteiger partial charge in [0.25, 0.3) is 5.91 Å². The molecule has 5 aromatic rings. The van der Waals surface area contributed by atoms with Gasteiger partial charge < -0.3 is 25.3 Å². The Hall–Kier alpha value is -4.85. The van der Waals surface area contributed by atoms with Crippen LogP contribution in [0.15, 0.2) is 73.1 Å². The summed E-state index contributed by atoms with van der Waals surface area (Å²) < 4.78 is 16.9. The van der Waals surface area contributed by atoms with Crippen molar-refractivity contribution in [3.8, 4) is 23.1 Å². The molecule has 0 radical (unpaired) electrons. The van der Waals surface area contributed by atoms with Crippen LogP contribution in [0.3, 0.4) is 0 Å². The molecule has 5 rings (SSSR count). The number of nitrogens with two attached hydrogens (primary N) is 1. The van der Waals surface area contributed by atoms with Gasteiger partial charge in [0, 0.05) is 11.6 Å². The second-order valence-corrected chi connectivity index (χ2v) is 8.24. The molecule has 8 nitrogen and oxygen atoms in total. The van der Waals surface area contributed by atoms with Crippen LogP contribution in [-0.2, 0) is 0 Å². The number of benzene rings is 4. The fourth-order valence-electron chi connectivity index (χ4n) is 4.06. The number of carbonyl (C=O) groups excluding carboxylic acids is 1. The number of aryl methyl sites for hydroxylation is 1. The van der Waals surface area contributed by atoms with E-state index in [0.717, 1.165) is 16.3 Å². The third-order valence-corrected chi connectivity index (χ3v) is 5.87. The Labute approximate surface area is 207 Å². The summed E-state index contributed by atoms with van der Waals surface area (Å²) in [7, 11) is 3.14. The van der Waals surface area contributed by atoms with E-state index in [2.05, 4.69) is 15.3 Å². The summed E-state index contributed by atoms with van der Waals surface area (Å²) in [5, 5.41) is 5.21. The molecule has 0 saturated carbocycles. The largest absolute Gasteiger partial charge is 0.493 e. The first-order valence-corrected chi connectivity index (χ1v) is 11.2. The molecule has 1 amide bonds. The standard InChI is InChI=1S/C28H24N4O4/c1-16-7-10-23(22(29)11-16)32-27(33)20-6-4-5-17-12-18(8-9-19(17)20)36-28-21-13-25(34-2)26(35-3)14-24(21)30-15-31-28/h4-15H,29H2,1-3H3,(H,32,33). The molecule has 0 aliphatic carbocycles. The minimum absolute atomic E-state index is 0.243. The van der Waals surface area contributed by atoms with Crippen molar-refractivity contribution in [2.45, 2.75) is 6.92 Å². The molecule has 0 aliphatic rings. The molecule has 1 heterocycles. The van der Waals surface area contributed by atoms with Crippen molar-refractivity contribution in [3.05, 3.63) is 84.2 Å². The summed E-state index contributed by atoms with van der Waals surface area (Å²) in [6.45, 7) is 1.95. The van der Waals surface area contributed by atoms with Crippen molar-refractivity contribution >= 4 is 39.0 Å². The average Bonchev–Trinajstić information content (AvgIpc) is 2.89. The molecule has 4 aromatic carbocycles. The fraction of sp³-hybridized carbons (Fsp3) is 0.107. The van der Waals surface area contributed by atoms with Crippen molar-refractivity contribution in [3.63, 3.8) is 0 Å². The number of anilines is 2. The average molecular weight is 481 g/mol. The van der Waals surface area contributed by atoms with E-state index < -0.39 is 0 Å². The maximum absolute atomic E-state index is 13.1. The number of rotatable bonds is 6. The zero-order valence-corrected chi connectivity index (χ0v) is 20.0. The number of amides is 1. The quantitative estimate of drug-likeness (QED) is 0.299. The Morgan fingerprint density at radius 3 is 2.47 bits per heavy atom. The summed E-state index contributed by atoms with van der Waals surface area (Å²) in [6, 6.07) is 20.1. The highest BCUT2D eigenvalue weighted by molar-refractivity contribution is 6.13. The number of nitrogens with zero attached hydrogens (tertiary/aromatic N) is 2. The lowest BCUT2D eigenvalue weighted by Gasteiger charge is -2.13. The molecule has 0 atom stereocenters. The number of carbonyl (C=O) groups is 1. The van der Waals surface area contributed by atoms with Gasteiger partial charge in [0.05, 0.1) is 36.5 Å². The molecular weight excluding hydrogens is 456 g/mol. The normalized spacial score (nSPS) is 10.9. The molecule has 180 valence electrons. The van der Waals surface area contributed by atoms with Crippen molar-refractivity contribution in [2.75, 3.05) is 25.3 Å². The Balaban J connectivity index is 1.47. The second kappa shape index (κ2) is 9.42. The van der Waals surface area contributed by atoms with Crippen molar-refractivity contribution in [2.24, 2.45) is 0 Å². The van der Waals surface area contributed by atoms with Gasteiger partial charge in [-0.15, -0.1) is 0 Å². The predicted molar refractivity (Wildman–Crippen MR) is 140 cm³/mol. The molecule has 0 spiro atoms. The summed E-state index contributed by atoms with van der Waals surface area (Å²) >= 11 is 0. The maximum atomic E-state index is 13.1. The van der Waals surface area contributed by atoms with Crippen LogP contribution in [0.2, 0.25) is 0 Å². The SMILES string of the molecule is COc1cc2ncnc(Oc3ccc4c(C(=O)Nc5ccc(C)cc5N)cccc4c3)c2cc1OC. The van der Waals surface area contributed by atoms with Crippen LogP contribution in [0.1, 0.15) is 15.9 Å². The number of hydrogen-bond acceptors (Lipinski definition) is 7. The molecule has 0 fully saturated rings. The topological polar surface area (TPSA) is 109 Å². The highest BCUT2D eigenvalue weighted by atomic mass is 16.5. The first kappa shape index (κ1) is 22.9. The Morgan fingerprint density at radius 1 is 0.889 bits per heavy atom. The third-order valence-electron chi connectivity index (χ3n) is 5.87. The zero-order chi connectivity index (χ0) is 25.2. The Bertz CT molecular complexity index is 1620. The number of nitrogen functional groups attached to an aromatic ring is 1. The van der Waals surface area contributed by atoms with E-state index in [1.54, 1.807) is 44.6 Å². The van der Waals surface area contributed by atoms with Gasteiger partial charge in [0.1, 0.15) is 12.1 Å². The van der Waals surface area contributed by atoms with Gasteiger partial charge in [-0.1, -0.05) is 18.2 Å². The van der Waals surface area contributed by atoms with Crippen molar-refractivity contribution in [1.29, 1.82) is 0 Å². The molecular formula is C28H24N4O4. The van der Waals surface area contributed by atoms with Crippen LogP contribution in [0.5, 0.6) is 23.1 Å². The second-order valence-electron chi connectivity index (χ2n) is 8.24. The Morgan fingerprint density at radius 2 is 1.69 bits per heavy atom. The van der Waals surface area contributed by atoms with E-state index >= 15 is 0 Å². The van der Waals surface area contributed by atoms with E-state index in [1.165, 1.54) is 6.33 Å². The number of hydrogen-bond donors (Lipinski definition) is 2. The summed E-state index contributed by atoms with van der Waals surface area (Å²) in [5.41, 5.74) is 9.38.